The van der Waals surface area contributed by atoms with E-state index in [1.165, 1.54) is 0 Å². The van der Waals surface area contributed by atoms with Gasteiger partial charge in [0.25, 0.3) is 0 Å². The zero-order valence-corrected chi connectivity index (χ0v) is 23.1. The summed E-state index contributed by atoms with van der Waals surface area (Å²) in [6.45, 7) is 5.84. The van der Waals surface area contributed by atoms with Crippen molar-refractivity contribution in [1.82, 2.24) is 10.2 Å². The summed E-state index contributed by atoms with van der Waals surface area (Å²) in [4.78, 5) is 26.6. The fraction of sp³-hybridized carbons (Fsp3) is 0.333. The maximum atomic E-state index is 12.6. The summed E-state index contributed by atoms with van der Waals surface area (Å²) < 4.78 is 6.61. The first kappa shape index (κ1) is 30.5. The van der Waals surface area contributed by atoms with Gasteiger partial charge >= 0.3 is 0 Å². The van der Waals surface area contributed by atoms with Gasteiger partial charge < -0.3 is 32.2 Å². The van der Waals surface area contributed by atoms with Crippen molar-refractivity contribution in [2.24, 2.45) is 17.2 Å². The smallest absolute Gasteiger partial charge is 0.237 e. The predicted octanol–water partition coefficient (Wildman–Crippen LogP) is 3.31. The van der Waals surface area contributed by atoms with Gasteiger partial charge in [-0.15, -0.1) is 0 Å². The molecule has 0 unspecified atom stereocenters. The second-order valence-electron chi connectivity index (χ2n) is 8.33. The average Bonchev–Trinajstić information content (AvgIpc) is 2.88. The molecule has 2 aromatic carbocycles. The summed E-state index contributed by atoms with van der Waals surface area (Å²) in [6.07, 6.45) is 5.95. The zero-order valence-electron chi connectivity index (χ0n) is 20.8. The number of carbonyl (C=O) groups excluding carboxylic acids is 2. The molecule has 0 radical (unpaired) electrons. The second-order valence-corrected chi connectivity index (χ2v) is 9.62. The van der Waals surface area contributed by atoms with Gasteiger partial charge in [-0.05, 0) is 53.4 Å². The molecule has 8 nitrogen and oxygen atoms in total. The molecule has 7 N–H and O–H groups in total. The summed E-state index contributed by atoms with van der Waals surface area (Å²) in [5.41, 5.74) is 19.9. The van der Waals surface area contributed by atoms with Crippen LogP contribution in [-0.4, -0.2) is 55.5 Å². The van der Waals surface area contributed by atoms with Gasteiger partial charge in [-0.2, -0.15) is 0 Å². The number of amides is 2. The molecule has 0 aliphatic heterocycles. The molecular formula is C27H35BrClN5O3. The zero-order chi connectivity index (χ0) is 27.2. The SMILES string of the molecule is C=CCOc1cc(/C=C/c2ccc(Cl)cc2Br)cc(CNC(=O)[C@@H](N)CCC(=O)N(CCN)CCN)c1. The van der Waals surface area contributed by atoms with Gasteiger partial charge in [-0.3, -0.25) is 9.59 Å². The molecular weight excluding hydrogens is 558 g/mol. The lowest BCUT2D eigenvalue weighted by Crippen LogP contribution is -2.42. The van der Waals surface area contributed by atoms with Crippen LogP contribution in [-0.2, 0) is 16.1 Å². The van der Waals surface area contributed by atoms with Crippen molar-refractivity contribution in [2.45, 2.75) is 25.4 Å². The number of hydrogen-bond acceptors (Lipinski definition) is 6. The Balaban J connectivity index is 2.04. The first-order valence-corrected chi connectivity index (χ1v) is 13.2. The van der Waals surface area contributed by atoms with Crippen LogP contribution in [0.3, 0.4) is 0 Å². The predicted molar refractivity (Wildman–Crippen MR) is 154 cm³/mol. The number of halogens is 2. The van der Waals surface area contributed by atoms with Crippen molar-refractivity contribution in [3.63, 3.8) is 0 Å². The van der Waals surface area contributed by atoms with Gasteiger partial charge in [0.05, 0.1) is 6.04 Å². The Bertz CT molecular complexity index is 1090. The van der Waals surface area contributed by atoms with Crippen LogP contribution in [0.4, 0.5) is 0 Å². The van der Waals surface area contributed by atoms with Crippen LogP contribution in [0.25, 0.3) is 12.2 Å². The van der Waals surface area contributed by atoms with E-state index in [-0.39, 0.29) is 31.2 Å². The molecule has 0 heterocycles. The van der Waals surface area contributed by atoms with Gasteiger partial charge in [0, 0.05) is 48.6 Å². The van der Waals surface area contributed by atoms with Crippen molar-refractivity contribution in [3.05, 3.63) is 75.2 Å². The van der Waals surface area contributed by atoms with Gasteiger partial charge in [-0.1, -0.05) is 58.4 Å². The highest BCUT2D eigenvalue weighted by atomic mass is 79.9. The van der Waals surface area contributed by atoms with E-state index in [0.717, 1.165) is 21.2 Å². The van der Waals surface area contributed by atoms with Crippen molar-refractivity contribution in [1.29, 1.82) is 0 Å². The third kappa shape index (κ3) is 10.7. The maximum absolute atomic E-state index is 12.6. The minimum absolute atomic E-state index is 0.116. The lowest BCUT2D eigenvalue weighted by molar-refractivity contribution is -0.131. The molecule has 2 rings (SSSR count). The number of carbonyl (C=O) groups is 2. The van der Waals surface area contributed by atoms with E-state index in [4.69, 9.17) is 33.5 Å². The van der Waals surface area contributed by atoms with E-state index < -0.39 is 6.04 Å². The molecule has 2 aromatic rings. The molecule has 2 amide bonds. The summed E-state index contributed by atoms with van der Waals surface area (Å²) in [5.74, 6) is 0.197. The maximum Gasteiger partial charge on any atom is 0.237 e. The molecule has 37 heavy (non-hydrogen) atoms. The third-order valence-corrected chi connectivity index (χ3v) is 6.32. The standard InChI is InChI=1S/C27H35BrClN5O3/c1-2-13-37-23-15-19(3-4-21-5-6-22(29)17-24(21)28)14-20(16-23)18-33-27(36)25(32)7-8-26(35)34(11-9-30)12-10-31/h2-6,14-17,25H,1,7-13,18,30-32H2,(H,33,36)/b4-3+/t25-/m0/s1. The van der Waals surface area contributed by atoms with Crippen LogP contribution in [0.5, 0.6) is 5.75 Å². The van der Waals surface area contributed by atoms with Crippen LogP contribution in [0, 0.1) is 0 Å². The number of hydrogen-bond donors (Lipinski definition) is 4. The number of nitrogens with one attached hydrogen (secondary N) is 1. The Kier molecular flexibility index (Phi) is 13.4. The summed E-state index contributed by atoms with van der Waals surface area (Å²) in [6, 6.07) is 10.5. The molecule has 0 spiro atoms. The Hall–Kier alpha value is -2.69. The van der Waals surface area contributed by atoms with Crippen LogP contribution >= 0.6 is 27.5 Å². The number of rotatable bonds is 15. The Morgan fingerprint density at radius 3 is 2.51 bits per heavy atom. The van der Waals surface area contributed by atoms with Crippen LogP contribution in [0.15, 0.2) is 53.5 Å². The lowest BCUT2D eigenvalue weighted by atomic mass is 10.1. The molecule has 10 heteroatoms. The van der Waals surface area contributed by atoms with E-state index in [0.29, 0.717) is 43.6 Å². The Morgan fingerprint density at radius 2 is 1.86 bits per heavy atom. The van der Waals surface area contributed by atoms with Crippen LogP contribution < -0.4 is 27.3 Å². The third-order valence-electron chi connectivity index (χ3n) is 5.40. The van der Waals surface area contributed by atoms with Crippen LogP contribution in [0.1, 0.15) is 29.5 Å². The molecule has 0 saturated carbocycles. The van der Waals surface area contributed by atoms with Crippen molar-refractivity contribution in [3.8, 4) is 5.75 Å². The van der Waals surface area contributed by atoms with Gasteiger partial charge in [-0.25, -0.2) is 0 Å². The normalized spacial score (nSPS) is 11.8. The minimum Gasteiger partial charge on any atom is -0.490 e. The van der Waals surface area contributed by atoms with Gasteiger partial charge in [0.1, 0.15) is 12.4 Å². The second kappa shape index (κ2) is 16.2. The summed E-state index contributed by atoms with van der Waals surface area (Å²) in [7, 11) is 0. The number of nitrogens with zero attached hydrogens (tertiary/aromatic N) is 1. The largest absolute Gasteiger partial charge is 0.490 e. The highest BCUT2D eigenvalue weighted by molar-refractivity contribution is 9.10. The van der Waals surface area contributed by atoms with E-state index in [1.807, 2.05) is 48.6 Å². The molecule has 0 aliphatic carbocycles. The van der Waals surface area contributed by atoms with E-state index in [1.54, 1.807) is 11.0 Å². The quantitative estimate of drug-likeness (QED) is 0.185. The topological polar surface area (TPSA) is 137 Å². The molecule has 0 fully saturated rings. The van der Waals surface area contributed by atoms with E-state index in [2.05, 4.69) is 27.8 Å². The van der Waals surface area contributed by atoms with Crippen LogP contribution in [0.2, 0.25) is 5.02 Å². The molecule has 0 aliphatic rings. The molecule has 1 atom stereocenters. The average molecular weight is 593 g/mol. The lowest BCUT2D eigenvalue weighted by Gasteiger charge is -2.22. The highest BCUT2D eigenvalue weighted by Gasteiger charge is 2.18. The Morgan fingerprint density at radius 1 is 1.14 bits per heavy atom. The Labute approximate surface area is 232 Å². The fourth-order valence-corrected chi connectivity index (χ4v) is 4.32. The monoisotopic (exact) mass is 591 g/mol. The number of ether oxygens (including phenoxy) is 1. The van der Waals surface area contributed by atoms with Crippen molar-refractivity contribution in [2.75, 3.05) is 32.8 Å². The van der Waals surface area contributed by atoms with Crippen molar-refractivity contribution < 1.29 is 14.3 Å². The molecule has 0 aromatic heterocycles. The summed E-state index contributed by atoms with van der Waals surface area (Å²) in [5, 5.41) is 3.50. The first-order chi connectivity index (χ1) is 17.8. The fourth-order valence-electron chi connectivity index (χ4n) is 3.51. The van der Waals surface area contributed by atoms with E-state index in [9.17, 15) is 9.59 Å². The molecule has 0 bridgehead atoms. The van der Waals surface area contributed by atoms with Gasteiger partial charge in [0.2, 0.25) is 11.8 Å². The number of benzene rings is 2. The van der Waals surface area contributed by atoms with Gasteiger partial charge in [0.15, 0.2) is 0 Å². The van der Waals surface area contributed by atoms with E-state index >= 15 is 0 Å². The first-order valence-electron chi connectivity index (χ1n) is 12.0. The number of nitrogens with two attached hydrogens (primary N) is 3. The molecule has 200 valence electrons. The summed E-state index contributed by atoms with van der Waals surface area (Å²) >= 11 is 9.55. The minimum atomic E-state index is -0.816. The highest BCUT2D eigenvalue weighted by Crippen LogP contribution is 2.25. The molecule has 0 saturated heterocycles. The van der Waals surface area contributed by atoms with Crippen molar-refractivity contribution >= 4 is 51.5 Å².